The SMILES string of the molecule is C=C(C)C(=O)O.C=C(C)C(=O)O.C=C(C)C(=O)O.C=C(C)C(=O)O.[Rh].[Rh]. The molecule has 0 aliphatic rings. The third-order valence-corrected chi connectivity index (χ3v) is 1.46. The van der Waals surface area contributed by atoms with Crippen LogP contribution in [0.3, 0.4) is 0 Å². The van der Waals surface area contributed by atoms with Gasteiger partial charge in [0.15, 0.2) is 0 Å². The predicted molar refractivity (Wildman–Crippen MR) is 89.8 cm³/mol. The molecule has 0 aliphatic carbocycles. The number of aliphatic carboxylic acids is 4. The fourth-order valence-electron chi connectivity index (χ4n) is 0. The van der Waals surface area contributed by atoms with Crippen molar-refractivity contribution in [1.29, 1.82) is 0 Å². The molecule has 0 atom stereocenters. The molecule has 0 saturated heterocycles. The van der Waals surface area contributed by atoms with Crippen molar-refractivity contribution in [1.82, 2.24) is 0 Å². The molecule has 2 radical (unpaired) electrons. The van der Waals surface area contributed by atoms with Crippen LogP contribution in [0.25, 0.3) is 0 Å². The molecule has 0 aromatic carbocycles. The molecule has 0 rings (SSSR count). The van der Waals surface area contributed by atoms with Crippen LogP contribution in [0.2, 0.25) is 0 Å². The van der Waals surface area contributed by atoms with E-state index in [2.05, 4.69) is 26.3 Å². The molecule has 154 valence electrons. The van der Waals surface area contributed by atoms with Gasteiger partial charge in [0, 0.05) is 61.2 Å². The molecule has 0 bridgehead atoms. The first-order chi connectivity index (χ1) is 10.6. The van der Waals surface area contributed by atoms with Crippen molar-refractivity contribution in [3.8, 4) is 0 Å². The summed E-state index contributed by atoms with van der Waals surface area (Å²) in [5.41, 5.74) is 0.704. The number of hydrogen-bond donors (Lipinski definition) is 4. The Morgan fingerprint density at radius 1 is 0.462 bits per heavy atom. The van der Waals surface area contributed by atoms with Crippen molar-refractivity contribution in [2.75, 3.05) is 0 Å². The van der Waals surface area contributed by atoms with Crippen molar-refractivity contribution in [2.24, 2.45) is 0 Å². The van der Waals surface area contributed by atoms with Gasteiger partial charge in [-0.05, 0) is 27.7 Å². The summed E-state index contributed by atoms with van der Waals surface area (Å²) in [6.07, 6.45) is 0. The van der Waals surface area contributed by atoms with Gasteiger partial charge in [-0.3, -0.25) is 0 Å². The molecule has 0 fully saturated rings. The van der Waals surface area contributed by atoms with Gasteiger partial charge in [0.05, 0.1) is 0 Å². The third-order valence-electron chi connectivity index (χ3n) is 1.46. The molecule has 0 aromatic rings. The van der Waals surface area contributed by atoms with Gasteiger partial charge in [-0.1, -0.05) is 26.3 Å². The van der Waals surface area contributed by atoms with E-state index in [0.29, 0.717) is 0 Å². The Morgan fingerprint density at radius 3 is 0.500 bits per heavy atom. The van der Waals surface area contributed by atoms with Gasteiger partial charge < -0.3 is 20.4 Å². The number of carboxylic acids is 4. The summed E-state index contributed by atoms with van der Waals surface area (Å²) in [6.45, 7) is 18.4. The zero-order valence-electron chi connectivity index (χ0n) is 14.9. The summed E-state index contributed by atoms with van der Waals surface area (Å²) in [4.78, 5) is 38.4. The second-order valence-electron chi connectivity index (χ2n) is 4.34. The van der Waals surface area contributed by atoms with Gasteiger partial charge in [-0.15, -0.1) is 0 Å². The molecule has 4 N–H and O–H groups in total. The van der Waals surface area contributed by atoms with Gasteiger partial charge >= 0.3 is 23.9 Å². The maximum absolute atomic E-state index is 9.60. The quantitative estimate of drug-likeness (QED) is 0.309. The first-order valence-electron chi connectivity index (χ1n) is 6.13. The zero-order chi connectivity index (χ0) is 20.6. The molecule has 0 unspecified atom stereocenters. The maximum Gasteiger partial charge on any atom is 0.330 e. The summed E-state index contributed by atoms with van der Waals surface area (Å²) >= 11 is 0. The summed E-state index contributed by atoms with van der Waals surface area (Å²) in [5.74, 6) is -3.74. The Hall–Kier alpha value is -1.91. The Morgan fingerprint density at radius 2 is 0.500 bits per heavy atom. The Labute approximate surface area is 178 Å². The molecule has 0 spiro atoms. The van der Waals surface area contributed by atoms with Gasteiger partial charge in [-0.2, -0.15) is 0 Å². The Bertz CT molecular complexity index is 392. The molecular formula is C16H24O8Rh2. The second-order valence-corrected chi connectivity index (χ2v) is 4.34. The number of hydrogen-bond acceptors (Lipinski definition) is 4. The van der Waals surface area contributed by atoms with Crippen LogP contribution in [0.5, 0.6) is 0 Å². The fraction of sp³-hybridized carbons (Fsp3) is 0.250. The van der Waals surface area contributed by atoms with Crippen LogP contribution in [0, 0.1) is 0 Å². The molecule has 0 amide bonds. The van der Waals surface area contributed by atoms with Crippen molar-refractivity contribution < 1.29 is 78.6 Å². The maximum atomic E-state index is 9.60. The largest absolute Gasteiger partial charge is 0.478 e. The first-order valence-corrected chi connectivity index (χ1v) is 6.13. The molecule has 8 nitrogen and oxygen atoms in total. The van der Waals surface area contributed by atoms with Crippen LogP contribution < -0.4 is 0 Å². The zero-order valence-corrected chi connectivity index (χ0v) is 18.2. The van der Waals surface area contributed by atoms with E-state index in [1.54, 1.807) is 0 Å². The third kappa shape index (κ3) is 49.5. The molecule has 0 saturated carbocycles. The first kappa shape index (κ1) is 39.2. The molecule has 0 aliphatic heterocycles. The summed E-state index contributed by atoms with van der Waals surface area (Å²) in [5, 5.41) is 31.6. The van der Waals surface area contributed by atoms with E-state index in [0.717, 1.165) is 0 Å². The summed E-state index contributed by atoms with van der Waals surface area (Å²) in [7, 11) is 0. The molecular weight excluding hydrogens is 526 g/mol. The Kier molecular flexibility index (Phi) is 34.8. The van der Waals surface area contributed by atoms with Gasteiger partial charge in [0.25, 0.3) is 0 Å². The van der Waals surface area contributed by atoms with Crippen LogP contribution in [0.4, 0.5) is 0 Å². The monoisotopic (exact) mass is 550 g/mol. The van der Waals surface area contributed by atoms with Crippen LogP contribution in [-0.4, -0.2) is 44.3 Å². The standard InChI is InChI=1S/4C4H6O2.2Rh/c4*1-3(2)4(5)6;;/h4*1H2,2H3,(H,5,6);;. The minimum absolute atomic E-state index is 0. The van der Waals surface area contributed by atoms with E-state index >= 15 is 0 Å². The van der Waals surface area contributed by atoms with E-state index in [1.165, 1.54) is 27.7 Å². The summed E-state index contributed by atoms with van der Waals surface area (Å²) in [6, 6.07) is 0. The van der Waals surface area contributed by atoms with Gasteiger partial charge in [-0.25, -0.2) is 19.2 Å². The van der Waals surface area contributed by atoms with E-state index in [1.807, 2.05) is 0 Å². The van der Waals surface area contributed by atoms with Crippen molar-refractivity contribution >= 4 is 23.9 Å². The Balaban J connectivity index is -0.0000000500. The van der Waals surface area contributed by atoms with E-state index in [-0.39, 0.29) is 61.2 Å². The minimum Gasteiger partial charge on any atom is -0.478 e. The number of carbonyl (C=O) groups is 4. The fourth-order valence-corrected chi connectivity index (χ4v) is 0. The van der Waals surface area contributed by atoms with Crippen LogP contribution in [0.1, 0.15) is 27.7 Å². The molecule has 26 heavy (non-hydrogen) atoms. The van der Waals surface area contributed by atoms with E-state index in [4.69, 9.17) is 20.4 Å². The second kappa shape index (κ2) is 23.1. The van der Waals surface area contributed by atoms with E-state index < -0.39 is 23.9 Å². The van der Waals surface area contributed by atoms with Crippen LogP contribution in [0.15, 0.2) is 48.6 Å². The number of carboxylic acid groups (broad SMARTS) is 4. The van der Waals surface area contributed by atoms with Crippen molar-refractivity contribution in [3.63, 3.8) is 0 Å². The van der Waals surface area contributed by atoms with Gasteiger partial charge in [0.1, 0.15) is 0 Å². The average molecular weight is 550 g/mol. The van der Waals surface area contributed by atoms with E-state index in [9.17, 15) is 19.2 Å². The van der Waals surface area contributed by atoms with Crippen LogP contribution in [-0.2, 0) is 58.1 Å². The smallest absolute Gasteiger partial charge is 0.330 e. The number of rotatable bonds is 4. The minimum atomic E-state index is -0.935. The van der Waals surface area contributed by atoms with Gasteiger partial charge in [0.2, 0.25) is 0 Å². The topological polar surface area (TPSA) is 149 Å². The normalized spacial score (nSPS) is 6.92. The average Bonchev–Trinajstić information content (AvgIpc) is 2.40. The molecule has 0 aromatic heterocycles. The predicted octanol–water partition coefficient (Wildman–Crippen LogP) is 2.58. The van der Waals surface area contributed by atoms with Crippen molar-refractivity contribution in [3.05, 3.63) is 48.6 Å². The van der Waals surface area contributed by atoms with Crippen LogP contribution >= 0.6 is 0 Å². The summed E-state index contributed by atoms with van der Waals surface area (Å²) < 4.78 is 0. The van der Waals surface area contributed by atoms with Crippen molar-refractivity contribution in [2.45, 2.75) is 27.7 Å². The molecule has 0 heterocycles. The molecule has 10 heteroatoms.